The van der Waals surface area contributed by atoms with E-state index < -0.39 is 27.9 Å². The third kappa shape index (κ3) is 4.47. The third-order valence-electron chi connectivity index (χ3n) is 4.29. The maximum absolute atomic E-state index is 13.6. The summed E-state index contributed by atoms with van der Waals surface area (Å²) in [6, 6.07) is 11.1. The second kappa shape index (κ2) is 8.79. The number of esters is 1. The van der Waals surface area contributed by atoms with Gasteiger partial charge in [-0.1, -0.05) is 18.2 Å². The molecule has 2 aromatic rings. The molecule has 1 fully saturated rings. The molecule has 6 nitrogen and oxygen atoms in total. The largest absolute Gasteiger partial charge is 0.465 e. The molecule has 1 unspecified atom stereocenters. The Morgan fingerprint density at radius 2 is 1.96 bits per heavy atom. The Labute approximate surface area is 163 Å². The Kier molecular flexibility index (Phi) is 6.94. The topological polar surface area (TPSA) is 75.7 Å². The molecular formula is C18H20ClFN2O4S. The first kappa shape index (κ1) is 21.3. The molecule has 0 amide bonds. The van der Waals surface area contributed by atoms with Crippen molar-refractivity contribution in [1.29, 1.82) is 0 Å². The molecule has 2 aromatic carbocycles. The minimum Gasteiger partial charge on any atom is -0.465 e. The van der Waals surface area contributed by atoms with Crippen LogP contribution in [0.5, 0.6) is 0 Å². The number of benzene rings is 2. The van der Waals surface area contributed by atoms with Crippen LogP contribution < -0.4 is 5.32 Å². The third-order valence-corrected chi connectivity index (χ3v) is 6.19. The van der Waals surface area contributed by atoms with Crippen LogP contribution in [0.25, 0.3) is 0 Å². The zero-order valence-corrected chi connectivity index (χ0v) is 16.2. The van der Waals surface area contributed by atoms with E-state index in [4.69, 9.17) is 0 Å². The lowest BCUT2D eigenvalue weighted by Gasteiger charge is -2.35. The van der Waals surface area contributed by atoms with Crippen LogP contribution in [0.3, 0.4) is 0 Å². The van der Waals surface area contributed by atoms with E-state index in [2.05, 4.69) is 10.1 Å². The zero-order chi connectivity index (χ0) is 18.7. The molecule has 27 heavy (non-hydrogen) atoms. The van der Waals surface area contributed by atoms with Crippen LogP contribution in [-0.2, 0) is 14.8 Å². The lowest BCUT2D eigenvalue weighted by Crippen LogP contribution is -2.48. The Morgan fingerprint density at radius 3 is 2.67 bits per heavy atom. The fraction of sp³-hybridized carbons (Fsp3) is 0.278. The lowest BCUT2D eigenvalue weighted by atomic mass is 10.1. The maximum Gasteiger partial charge on any atom is 0.337 e. The summed E-state index contributed by atoms with van der Waals surface area (Å²) in [5.41, 5.74) is 0.732. The average Bonchev–Trinajstić information content (AvgIpc) is 2.67. The van der Waals surface area contributed by atoms with Crippen molar-refractivity contribution < 1.29 is 22.3 Å². The van der Waals surface area contributed by atoms with E-state index >= 15 is 0 Å². The van der Waals surface area contributed by atoms with Crippen LogP contribution >= 0.6 is 12.4 Å². The number of halogens is 2. The number of hydrogen-bond donors (Lipinski definition) is 1. The van der Waals surface area contributed by atoms with Crippen LogP contribution in [0.2, 0.25) is 0 Å². The number of carbonyl (C=O) groups excluding carboxylic acids is 1. The standard InChI is InChI=1S/C18H19FN2O4S.ClH/c1-25-18(22)14-5-3-7-16(11-14)26(23,24)21-9-8-20-12-17(21)13-4-2-6-15(19)10-13;/h2-7,10-11,17,20H,8-9,12H2,1H3;1H. The minimum atomic E-state index is -3.87. The molecule has 0 spiro atoms. The van der Waals surface area contributed by atoms with E-state index in [0.29, 0.717) is 18.7 Å². The summed E-state index contributed by atoms with van der Waals surface area (Å²) in [7, 11) is -2.64. The molecule has 1 N–H and O–H groups in total. The van der Waals surface area contributed by atoms with Crippen molar-refractivity contribution in [3.05, 3.63) is 65.5 Å². The Hall–Kier alpha value is -2.00. The van der Waals surface area contributed by atoms with Crippen molar-refractivity contribution in [2.75, 3.05) is 26.7 Å². The van der Waals surface area contributed by atoms with Crippen LogP contribution in [0, 0.1) is 5.82 Å². The molecule has 1 atom stereocenters. The predicted octanol–water partition coefficient (Wildman–Crippen LogP) is 2.37. The maximum atomic E-state index is 13.6. The summed E-state index contributed by atoms with van der Waals surface area (Å²) in [4.78, 5) is 11.7. The highest BCUT2D eigenvalue weighted by Crippen LogP contribution is 2.29. The van der Waals surface area contributed by atoms with Gasteiger partial charge >= 0.3 is 5.97 Å². The Bertz CT molecular complexity index is 923. The highest BCUT2D eigenvalue weighted by Gasteiger charge is 2.34. The van der Waals surface area contributed by atoms with Crippen molar-refractivity contribution in [1.82, 2.24) is 9.62 Å². The summed E-state index contributed by atoms with van der Waals surface area (Å²) in [6.45, 7) is 1.10. The van der Waals surface area contributed by atoms with E-state index in [-0.39, 0.29) is 29.4 Å². The van der Waals surface area contributed by atoms with Gasteiger partial charge in [0.05, 0.1) is 23.6 Å². The van der Waals surface area contributed by atoms with E-state index in [1.807, 2.05) is 0 Å². The molecule has 1 aliphatic rings. The van der Waals surface area contributed by atoms with E-state index in [0.717, 1.165) is 0 Å². The van der Waals surface area contributed by atoms with Gasteiger partial charge in [0.1, 0.15) is 5.82 Å². The fourth-order valence-electron chi connectivity index (χ4n) is 3.01. The van der Waals surface area contributed by atoms with Gasteiger partial charge in [0, 0.05) is 19.6 Å². The molecule has 1 heterocycles. The van der Waals surface area contributed by atoms with Crippen molar-refractivity contribution in [3.63, 3.8) is 0 Å². The SMILES string of the molecule is COC(=O)c1cccc(S(=O)(=O)N2CCNCC2c2cccc(F)c2)c1.Cl. The molecule has 0 bridgehead atoms. The number of hydrogen-bond acceptors (Lipinski definition) is 5. The highest BCUT2D eigenvalue weighted by molar-refractivity contribution is 7.89. The van der Waals surface area contributed by atoms with Gasteiger partial charge < -0.3 is 10.1 Å². The Balaban J connectivity index is 0.00000261. The average molecular weight is 415 g/mol. The zero-order valence-electron chi connectivity index (χ0n) is 14.6. The summed E-state index contributed by atoms with van der Waals surface area (Å²) in [6.07, 6.45) is 0. The van der Waals surface area contributed by atoms with Crippen LogP contribution in [0.15, 0.2) is 53.4 Å². The second-order valence-corrected chi connectivity index (χ2v) is 7.80. The molecule has 9 heteroatoms. The smallest absolute Gasteiger partial charge is 0.337 e. The summed E-state index contributed by atoms with van der Waals surface area (Å²) >= 11 is 0. The normalized spacial score (nSPS) is 17.8. The number of piperazine rings is 1. The van der Waals surface area contributed by atoms with E-state index in [1.54, 1.807) is 12.1 Å². The monoisotopic (exact) mass is 414 g/mol. The quantitative estimate of drug-likeness (QED) is 0.777. The van der Waals surface area contributed by atoms with Crippen molar-refractivity contribution in [2.45, 2.75) is 10.9 Å². The molecule has 146 valence electrons. The molecule has 0 aromatic heterocycles. The number of carbonyl (C=O) groups is 1. The number of sulfonamides is 1. The number of nitrogens with zero attached hydrogens (tertiary/aromatic N) is 1. The summed E-state index contributed by atoms with van der Waals surface area (Å²) in [5, 5.41) is 3.14. The summed E-state index contributed by atoms with van der Waals surface area (Å²) < 4.78 is 45.9. The molecule has 1 saturated heterocycles. The first-order chi connectivity index (χ1) is 12.4. The van der Waals surface area contributed by atoms with Gasteiger partial charge in [0.25, 0.3) is 0 Å². The van der Waals surface area contributed by atoms with Gasteiger partial charge in [-0.3, -0.25) is 0 Å². The van der Waals surface area contributed by atoms with Crippen LogP contribution in [-0.4, -0.2) is 45.4 Å². The number of ether oxygens (including phenoxy) is 1. The summed E-state index contributed by atoms with van der Waals surface area (Å²) in [5.74, 6) is -1.03. The van der Waals surface area contributed by atoms with Crippen molar-refractivity contribution >= 4 is 28.4 Å². The van der Waals surface area contributed by atoms with Crippen molar-refractivity contribution in [3.8, 4) is 0 Å². The molecule has 3 rings (SSSR count). The number of rotatable bonds is 4. The van der Waals surface area contributed by atoms with Gasteiger partial charge in [-0.25, -0.2) is 17.6 Å². The van der Waals surface area contributed by atoms with Gasteiger partial charge in [0.2, 0.25) is 10.0 Å². The number of methoxy groups -OCH3 is 1. The molecule has 0 radical (unpaired) electrons. The van der Waals surface area contributed by atoms with Crippen molar-refractivity contribution in [2.24, 2.45) is 0 Å². The van der Waals surface area contributed by atoms with Gasteiger partial charge in [0.15, 0.2) is 0 Å². The molecule has 0 saturated carbocycles. The second-order valence-electron chi connectivity index (χ2n) is 5.91. The molecule has 1 aliphatic heterocycles. The van der Waals surface area contributed by atoms with Gasteiger partial charge in [-0.2, -0.15) is 4.31 Å². The minimum absolute atomic E-state index is 0. The predicted molar refractivity (Wildman–Crippen MR) is 101 cm³/mol. The van der Waals surface area contributed by atoms with Crippen LogP contribution in [0.1, 0.15) is 22.0 Å². The lowest BCUT2D eigenvalue weighted by molar-refractivity contribution is 0.0600. The first-order valence-electron chi connectivity index (χ1n) is 8.10. The van der Waals surface area contributed by atoms with Gasteiger partial charge in [-0.15, -0.1) is 12.4 Å². The van der Waals surface area contributed by atoms with E-state index in [9.17, 15) is 17.6 Å². The molecular weight excluding hydrogens is 395 g/mol. The van der Waals surface area contributed by atoms with E-state index in [1.165, 1.54) is 47.8 Å². The van der Waals surface area contributed by atoms with Gasteiger partial charge in [-0.05, 0) is 35.9 Å². The fourth-order valence-corrected chi connectivity index (χ4v) is 4.67. The highest BCUT2D eigenvalue weighted by atomic mass is 35.5. The molecule has 0 aliphatic carbocycles. The first-order valence-corrected chi connectivity index (χ1v) is 9.54. The Morgan fingerprint density at radius 1 is 1.22 bits per heavy atom. The number of nitrogens with one attached hydrogen (secondary N) is 1. The van der Waals surface area contributed by atoms with Crippen LogP contribution in [0.4, 0.5) is 4.39 Å².